The van der Waals surface area contributed by atoms with Gasteiger partial charge in [0.15, 0.2) is 8.32 Å². The largest absolute Gasteiger partial charge is 0.432 e. The molecule has 4 atom stereocenters. The highest BCUT2D eigenvalue weighted by molar-refractivity contribution is 14.1. The first-order chi connectivity index (χ1) is 10.3. The first kappa shape index (κ1) is 18.4. The van der Waals surface area contributed by atoms with E-state index in [0.29, 0.717) is 12.3 Å². The molecule has 3 nitrogen and oxygen atoms in total. The van der Waals surface area contributed by atoms with Crippen LogP contribution in [-0.4, -0.2) is 37.0 Å². The summed E-state index contributed by atoms with van der Waals surface area (Å²) in [5.74, 6) is 0.354. The Balaban J connectivity index is 2.00. The van der Waals surface area contributed by atoms with E-state index in [1.54, 1.807) is 0 Å². The van der Waals surface area contributed by atoms with Gasteiger partial charge >= 0.3 is 0 Å². The van der Waals surface area contributed by atoms with E-state index in [4.69, 9.17) is 4.74 Å². The van der Waals surface area contributed by atoms with Crippen molar-refractivity contribution in [3.63, 3.8) is 0 Å². The molecule has 2 rings (SSSR count). The van der Waals surface area contributed by atoms with Gasteiger partial charge in [-0.3, -0.25) is 0 Å². The molecule has 0 unspecified atom stereocenters. The number of hydrogen-bond acceptors (Lipinski definition) is 3. The van der Waals surface area contributed by atoms with Crippen molar-refractivity contribution in [3.8, 4) is 0 Å². The van der Waals surface area contributed by atoms with Crippen molar-refractivity contribution in [1.29, 1.82) is 0 Å². The molecule has 0 saturated carbocycles. The zero-order valence-electron chi connectivity index (χ0n) is 13.6. The highest BCUT2D eigenvalue weighted by Crippen LogP contribution is 2.45. The third-order valence-corrected chi connectivity index (χ3v) is 8.01. The van der Waals surface area contributed by atoms with Crippen LogP contribution in [0.15, 0.2) is 24.3 Å². The Kier molecular flexibility index (Phi) is 6.47. The molecule has 22 heavy (non-hydrogen) atoms. The number of aliphatic hydroxyl groups is 1. The highest BCUT2D eigenvalue weighted by atomic mass is 127. The zero-order chi connectivity index (χ0) is 16.3. The second-order valence-electron chi connectivity index (χ2n) is 6.93. The summed E-state index contributed by atoms with van der Waals surface area (Å²) < 4.78 is 7.46. The summed E-state index contributed by atoms with van der Waals surface area (Å²) in [5.41, 5.74) is 1.54. The van der Waals surface area contributed by atoms with Gasteiger partial charge in [-0.1, -0.05) is 19.1 Å². The first-order valence-corrected chi connectivity index (χ1v) is 12.2. The second kappa shape index (κ2) is 7.74. The fourth-order valence-corrected chi connectivity index (χ4v) is 6.78. The highest BCUT2D eigenvalue weighted by Gasteiger charge is 2.49. The van der Waals surface area contributed by atoms with Crippen LogP contribution in [0.2, 0.25) is 18.6 Å². The van der Waals surface area contributed by atoms with E-state index in [0.717, 1.165) is 12.8 Å². The summed E-state index contributed by atoms with van der Waals surface area (Å²) >= 11 is 2.32. The van der Waals surface area contributed by atoms with Gasteiger partial charge in [0.2, 0.25) is 0 Å². The van der Waals surface area contributed by atoms with Crippen LogP contribution in [0.25, 0.3) is 0 Å². The Labute approximate surface area is 148 Å². The summed E-state index contributed by atoms with van der Waals surface area (Å²) in [6.45, 7) is 6.31. The van der Waals surface area contributed by atoms with Crippen LogP contribution >= 0.6 is 22.6 Å². The smallest absolute Gasteiger partial charge is 0.188 e. The Hall–Kier alpha value is 0.0469. The molecule has 1 aliphatic heterocycles. The molecule has 1 fully saturated rings. The molecule has 0 amide bonds. The normalized spacial score (nSPS) is 29.0. The lowest BCUT2D eigenvalue weighted by Gasteiger charge is -2.30. The Morgan fingerprint density at radius 2 is 1.77 bits per heavy atom. The van der Waals surface area contributed by atoms with Crippen LogP contribution in [0.3, 0.4) is 0 Å². The lowest BCUT2D eigenvalue weighted by molar-refractivity contribution is 0.0192. The van der Waals surface area contributed by atoms with E-state index in [-0.39, 0.29) is 24.4 Å². The van der Waals surface area contributed by atoms with Crippen LogP contribution in [0, 0.1) is 9.49 Å². The quantitative estimate of drug-likeness (QED) is 0.532. The van der Waals surface area contributed by atoms with Gasteiger partial charge in [-0.05, 0) is 78.6 Å². The van der Waals surface area contributed by atoms with Gasteiger partial charge in [-0.2, -0.15) is 0 Å². The van der Waals surface area contributed by atoms with Crippen LogP contribution in [0.1, 0.15) is 25.3 Å². The molecule has 1 heterocycles. The van der Waals surface area contributed by atoms with Crippen LogP contribution in [-0.2, 0) is 11.2 Å². The van der Waals surface area contributed by atoms with Gasteiger partial charge < -0.3 is 14.6 Å². The first-order valence-electron chi connectivity index (χ1n) is 8.06. The van der Waals surface area contributed by atoms with E-state index < -0.39 is 8.32 Å². The van der Waals surface area contributed by atoms with Gasteiger partial charge in [0.1, 0.15) is 0 Å². The minimum Gasteiger partial charge on any atom is -0.432 e. The number of aliphatic hydroxyl groups excluding tert-OH is 1. The Morgan fingerprint density at radius 3 is 2.32 bits per heavy atom. The lowest BCUT2D eigenvalue weighted by Crippen LogP contribution is -2.40. The number of ether oxygens (including phenoxy) is 1. The van der Waals surface area contributed by atoms with Gasteiger partial charge in [0, 0.05) is 15.7 Å². The number of halogens is 1. The minimum absolute atomic E-state index is 0.00777. The van der Waals surface area contributed by atoms with Crippen molar-refractivity contribution in [2.24, 2.45) is 5.92 Å². The van der Waals surface area contributed by atoms with E-state index in [1.165, 1.54) is 9.13 Å². The summed E-state index contributed by atoms with van der Waals surface area (Å²) in [6, 6.07) is 8.62. The third-order valence-electron chi connectivity index (χ3n) is 4.76. The summed E-state index contributed by atoms with van der Waals surface area (Å²) in [6.07, 6.45) is 2.79. The minimum atomic E-state index is -2.28. The van der Waals surface area contributed by atoms with Gasteiger partial charge in [0.25, 0.3) is 0 Å². The van der Waals surface area contributed by atoms with Crippen molar-refractivity contribution >= 4 is 30.9 Å². The predicted octanol–water partition coefficient (Wildman–Crippen LogP) is 3.58. The molecular weight excluding hydrogens is 407 g/mol. The second-order valence-corrected chi connectivity index (χ2v) is 12.1. The molecule has 1 saturated heterocycles. The molecule has 1 aliphatic rings. The van der Waals surface area contributed by atoms with Crippen LogP contribution in [0.5, 0.6) is 0 Å². The molecule has 2 N–H and O–H groups in total. The molecule has 0 aliphatic carbocycles. The van der Waals surface area contributed by atoms with Gasteiger partial charge in [0.05, 0.1) is 12.2 Å². The molecule has 0 aromatic heterocycles. The molecular formula is C17H27IO3Si. The Morgan fingerprint density at radius 1 is 1.14 bits per heavy atom. The van der Waals surface area contributed by atoms with E-state index in [2.05, 4.69) is 53.8 Å². The lowest BCUT2D eigenvalue weighted by atomic mass is 9.95. The fraction of sp³-hybridized carbons (Fsp3) is 0.647. The van der Waals surface area contributed by atoms with Crippen LogP contribution in [0.4, 0.5) is 0 Å². The molecule has 1 aromatic carbocycles. The summed E-state index contributed by atoms with van der Waals surface area (Å²) in [4.78, 5) is 10.6. The summed E-state index contributed by atoms with van der Waals surface area (Å²) in [5, 5.41) is 9.27. The summed E-state index contributed by atoms with van der Waals surface area (Å²) in [7, 11) is -2.28. The molecule has 0 radical (unpaired) electrons. The van der Waals surface area contributed by atoms with Crippen molar-refractivity contribution in [2.75, 3.05) is 6.61 Å². The Bertz CT molecular complexity index is 472. The third kappa shape index (κ3) is 4.53. The SMILES string of the molecule is C[C@H]1[C@H]([Si](C)(C)O)[C@@H](CCO)O[C@H]1CCc1ccc(I)cc1. The average molecular weight is 434 g/mol. The van der Waals surface area contributed by atoms with Crippen molar-refractivity contribution < 1.29 is 14.6 Å². The molecule has 124 valence electrons. The number of hydrogen-bond donors (Lipinski definition) is 2. The number of rotatable bonds is 6. The predicted molar refractivity (Wildman–Crippen MR) is 100 cm³/mol. The molecule has 5 heteroatoms. The van der Waals surface area contributed by atoms with Gasteiger partial charge in [-0.25, -0.2) is 0 Å². The number of aryl methyl sites for hydroxylation is 1. The van der Waals surface area contributed by atoms with Crippen molar-refractivity contribution in [3.05, 3.63) is 33.4 Å². The van der Waals surface area contributed by atoms with E-state index in [9.17, 15) is 9.90 Å². The van der Waals surface area contributed by atoms with E-state index in [1.807, 2.05) is 13.1 Å². The van der Waals surface area contributed by atoms with E-state index >= 15 is 0 Å². The maximum absolute atomic E-state index is 10.6. The molecule has 1 aromatic rings. The molecule has 0 spiro atoms. The molecule has 0 bridgehead atoms. The maximum atomic E-state index is 10.6. The maximum Gasteiger partial charge on any atom is 0.188 e. The number of benzene rings is 1. The fourth-order valence-electron chi connectivity index (χ4n) is 3.77. The standard InChI is InChI=1S/C17H27IO3Si/c1-12-15(9-6-13-4-7-14(18)8-5-13)21-16(10-11-19)17(12)22(2,3)20/h4-5,7-8,12,15-17,19-20H,6,9-11H2,1-3H3/t12-,15+,16-,17+/m1/s1. The average Bonchev–Trinajstić information content (AvgIpc) is 2.74. The zero-order valence-corrected chi connectivity index (χ0v) is 16.8. The monoisotopic (exact) mass is 434 g/mol. The van der Waals surface area contributed by atoms with Crippen molar-refractivity contribution in [2.45, 2.75) is 57.0 Å². The topological polar surface area (TPSA) is 49.7 Å². The van der Waals surface area contributed by atoms with Gasteiger partial charge in [-0.15, -0.1) is 0 Å². The van der Waals surface area contributed by atoms with Crippen molar-refractivity contribution in [1.82, 2.24) is 0 Å². The van der Waals surface area contributed by atoms with Crippen LogP contribution < -0.4 is 0 Å².